The van der Waals surface area contributed by atoms with Crippen LogP contribution >= 0.6 is 0 Å². The van der Waals surface area contributed by atoms with Crippen LogP contribution in [0.2, 0.25) is 0 Å². The summed E-state index contributed by atoms with van der Waals surface area (Å²) in [4.78, 5) is 33.5. The minimum absolute atomic E-state index is 0.0256. The van der Waals surface area contributed by atoms with Gasteiger partial charge >= 0.3 is 11.9 Å². The maximum Gasteiger partial charge on any atom is 0.335 e. The molecule has 0 fully saturated rings. The number of benzene rings is 2. The highest BCUT2D eigenvalue weighted by Crippen LogP contribution is 2.28. The van der Waals surface area contributed by atoms with Gasteiger partial charge < -0.3 is 25.7 Å². The molecule has 8 nitrogen and oxygen atoms in total. The van der Waals surface area contributed by atoms with Crippen LogP contribution in [0.1, 0.15) is 26.3 Å². The van der Waals surface area contributed by atoms with Crippen molar-refractivity contribution in [3.8, 4) is 11.5 Å². The lowest BCUT2D eigenvalue weighted by molar-refractivity contribution is -0.136. The second-order valence-electron chi connectivity index (χ2n) is 4.91. The van der Waals surface area contributed by atoms with Crippen molar-refractivity contribution in [2.75, 3.05) is 5.32 Å². The summed E-state index contributed by atoms with van der Waals surface area (Å²) in [5.74, 6) is -3.96. The van der Waals surface area contributed by atoms with E-state index in [0.717, 1.165) is 12.1 Å². The molecule has 124 valence electrons. The topological polar surface area (TPSA) is 144 Å². The highest BCUT2D eigenvalue weighted by Gasteiger charge is 2.17. The van der Waals surface area contributed by atoms with E-state index in [1.54, 1.807) is 0 Å². The molecule has 2 aromatic rings. The van der Waals surface area contributed by atoms with Gasteiger partial charge in [0.05, 0.1) is 17.5 Å². The number of carbonyl (C=O) groups is 3. The summed E-state index contributed by atoms with van der Waals surface area (Å²) in [6.07, 6.45) is -0.502. The number of amides is 1. The maximum atomic E-state index is 12.1. The van der Waals surface area contributed by atoms with Gasteiger partial charge in [0.25, 0.3) is 5.91 Å². The third-order valence-corrected chi connectivity index (χ3v) is 3.17. The van der Waals surface area contributed by atoms with Gasteiger partial charge in [-0.15, -0.1) is 0 Å². The summed E-state index contributed by atoms with van der Waals surface area (Å²) in [6.45, 7) is 0. The fourth-order valence-corrected chi connectivity index (χ4v) is 2.00. The minimum atomic E-state index is -1.19. The average Bonchev–Trinajstić information content (AvgIpc) is 2.50. The highest BCUT2D eigenvalue weighted by atomic mass is 16.4. The number of phenols is 2. The molecule has 24 heavy (non-hydrogen) atoms. The molecule has 0 aliphatic rings. The van der Waals surface area contributed by atoms with Gasteiger partial charge in [-0.1, -0.05) is 0 Å². The summed E-state index contributed by atoms with van der Waals surface area (Å²) < 4.78 is 0. The number of hydrogen-bond donors (Lipinski definition) is 5. The molecule has 2 aromatic carbocycles. The Bertz CT molecular complexity index is 812. The van der Waals surface area contributed by atoms with E-state index >= 15 is 0 Å². The molecule has 0 atom stereocenters. The van der Waals surface area contributed by atoms with Gasteiger partial charge in [-0.25, -0.2) is 4.79 Å². The van der Waals surface area contributed by atoms with Crippen LogP contribution < -0.4 is 5.32 Å². The SMILES string of the molecule is O=C(O)Cc1cc(O)c(C(=O)Nc2ccc(C(=O)O)cc2)cc1O. The third kappa shape index (κ3) is 3.80. The first kappa shape index (κ1) is 16.8. The van der Waals surface area contributed by atoms with Crippen molar-refractivity contribution in [1.82, 2.24) is 0 Å². The maximum absolute atomic E-state index is 12.1. The highest BCUT2D eigenvalue weighted by molar-refractivity contribution is 6.06. The molecule has 0 saturated carbocycles. The third-order valence-electron chi connectivity index (χ3n) is 3.17. The Morgan fingerprint density at radius 1 is 0.917 bits per heavy atom. The van der Waals surface area contributed by atoms with Crippen LogP contribution in [0.4, 0.5) is 5.69 Å². The summed E-state index contributed by atoms with van der Waals surface area (Å²) in [5.41, 5.74) is 0.0660. The average molecular weight is 331 g/mol. The fourth-order valence-electron chi connectivity index (χ4n) is 2.00. The Kier molecular flexibility index (Phi) is 4.69. The molecule has 0 aromatic heterocycles. The number of aliphatic carboxylic acids is 1. The zero-order valence-corrected chi connectivity index (χ0v) is 12.2. The lowest BCUT2D eigenvalue weighted by Gasteiger charge is -2.10. The fraction of sp³-hybridized carbons (Fsp3) is 0.0625. The van der Waals surface area contributed by atoms with E-state index in [-0.39, 0.29) is 16.7 Å². The molecule has 0 aliphatic carbocycles. The normalized spacial score (nSPS) is 10.2. The number of phenolic OH excluding ortho intramolecular Hbond substituents is 2. The molecular weight excluding hydrogens is 318 g/mol. The summed E-state index contributed by atoms with van der Waals surface area (Å²) >= 11 is 0. The van der Waals surface area contributed by atoms with Crippen molar-refractivity contribution in [2.24, 2.45) is 0 Å². The summed E-state index contributed by atoms with van der Waals surface area (Å²) in [5, 5.41) is 39.5. The second kappa shape index (κ2) is 6.69. The first-order valence-electron chi connectivity index (χ1n) is 6.69. The van der Waals surface area contributed by atoms with Gasteiger partial charge in [0.15, 0.2) is 0 Å². The number of carbonyl (C=O) groups excluding carboxylic acids is 1. The van der Waals surface area contributed by atoms with E-state index in [4.69, 9.17) is 10.2 Å². The number of nitrogens with one attached hydrogen (secondary N) is 1. The van der Waals surface area contributed by atoms with Crippen LogP contribution in [-0.2, 0) is 11.2 Å². The second-order valence-corrected chi connectivity index (χ2v) is 4.91. The molecule has 0 spiro atoms. The molecule has 8 heteroatoms. The Morgan fingerprint density at radius 3 is 2.08 bits per heavy atom. The van der Waals surface area contributed by atoms with E-state index in [0.29, 0.717) is 5.69 Å². The van der Waals surface area contributed by atoms with Crippen LogP contribution in [0.25, 0.3) is 0 Å². The Balaban J connectivity index is 2.21. The van der Waals surface area contributed by atoms with Crippen molar-refractivity contribution >= 4 is 23.5 Å². The van der Waals surface area contributed by atoms with Crippen molar-refractivity contribution in [1.29, 1.82) is 0 Å². The molecule has 0 unspecified atom stereocenters. The first-order chi connectivity index (χ1) is 11.3. The molecule has 5 N–H and O–H groups in total. The van der Waals surface area contributed by atoms with E-state index in [2.05, 4.69) is 5.32 Å². The summed E-state index contributed by atoms with van der Waals surface area (Å²) in [6, 6.07) is 7.31. The predicted octanol–water partition coefficient (Wildman–Crippen LogP) is 1.68. The van der Waals surface area contributed by atoms with Gasteiger partial charge in [-0.3, -0.25) is 9.59 Å². The van der Waals surface area contributed by atoms with Gasteiger partial charge in [-0.2, -0.15) is 0 Å². The Morgan fingerprint density at radius 2 is 1.54 bits per heavy atom. The Labute approximate surface area is 135 Å². The molecule has 0 saturated heterocycles. The number of carboxylic acid groups (broad SMARTS) is 2. The van der Waals surface area contributed by atoms with Gasteiger partial charge in [0.1, 0.15) is 11.5 Å². The van der Waals surface area contributed by atoms with Gasteiger partial charge in [-0.05, 0) is 36.4 Å². The van der Waals surface area contributed by atoms with Crippen LogP contribution in [0.15, 0.2) is 36.4 Å². The van der Waals surface area contributed by atoms with Crippen LogP contribution in [0.5, 0.6) is 11.5 Å². The van der Waals surface area contributed by atoms with Gasteiger partial charge in [0.2, 0.25) is 0 Å². The van der Waals surface area contributed by atoms with E-state index in [1.165, 1.54) is 24.3 Å². The molecule has 2 rings (SSSR count). The zero-order valence-electron chi connectivity index (χ0n) is 12.2. The smallest absolute Gasteiger partial charge is 0.335 e. The van der Waals surface area contributed by atoms with Crippen LogP contribution in [-0.4, -0.2) is 38.3 Å². The van der Waals surface area contributed by atoms with Crippen LogP contribution in [0, 0.1) is 0 Å². The molecule has 1 amide bonds. The standard InChI is InChI=1S/C16H13NO7/c18-12-7-11(13(19)5-9(12)6-14(20)21)15(22)17-10-3-1-8(2-4-10)16(23)24/h1-5,7,18-19H,6H2,(H,17,22)(H,20,21)(H,23,24). The van der Waals surface area contributed by atoms with Gasteiger partial charge in [0, 0.05) is 11.3 Å². The molecule has 0 radical (unpaired) electrons. The predicted molar refractivity (Wildman–Crippen MR) is 82.5 cm³/mol. The largest absolute Gasteiger partial charge is 0.508 e. The zero-order chi connectivity index (χ0) is 17.9. The number of anilines is 1. The number of aromatic hydroxyl groups is 2. The number of rotatable bonds is 5. The van der Waals surface area contributed by atoms with Crippen molar-refractivity contribution in [2.45, 2.75) is 6.42 Å². The molecule has 0 bridgehead atoms. The molecule has 0 heterocycles. The lowest BCUT2D eigenvalue weighted by Crippen LogP contribution is -2.13. The van der Waals surface area contributed by atoms with E-state index < -0.39 is 35.8 Å². The van der Waals surface area contributed by atoms with Crippen molar-refractivity contribution < 1.29 is 34.8 Å². The molecular formula is C16H13NO7. The van der Waals surface area contributed by atoms with E-state index in [1.807, 2.05) is 0 Å². The quantitative estimate of drug-likeness (QED) is 0.524. The Hall–Kier alpha value is -3.55. The summed E-state index contributed by atoms with van der Waals surface area (Å²) in [7, 11) is 0. The number of aromatic carboxylic acids is 1. The lowest BCUT2D eigenvalue weighted by atomic mass is 10.1. The van der Waals surface area contributed by atoms with Crippen LogP contribution in [0.3, 0.4) is 0 Å². The van der Waals surface area contributed by atoms with Crippen molar-refractivity contribution in [3.63, 3.8) is 0 Å². The van der Waals surface area contributed by atoms with Crippen molar-refractivity contribution in [3.05, 3.63) is 53.1 Å². The monoisotopic (exact) mass is 331 g/mol. The molecule has 0 aliphatic heterocycles. The number of hydrogen-bond acceptors (Lipinski definition) is 5. The number of carboxylic acids is 2. The first-order valence-corrected chi connectivity index (χ1v) is 6.69. The minimum Gasteiger partial charge on any atom is -0.508 e. The van der Waals surface area contributed by atoms with E-state index in [9.17, 15) is 24.6 Å².